The summed E-state index contributed by atoms with van der Waals surface area (Å²) >= 11 is 0. The molecule has 0 atom stereocenters. The minimum Gasteiger partial charge on any atom is -0.248 e. The lowest BCUT2D eigenvalue weighted by Gasteiger charge is -2.02. The van der Waals surface area contributed by atoms with Crippen LogP contribution in [-0.4, -0.2) is 38.5 Å². The van der Waals surface area contributed by atoms with Crippen molar-refractivity contribution in [3.05, 3.63) is 19.0 Å². The van der Waals surface area contributed by atoms with Crippen LogP contribution in [0, 0.1) is 0 Å². The predicted octanol–water partition coefficient (Wildman–Crippen LogP) is -1.67. The zero-order chi connectivity index (χ0) is 10.0. The van der Waals surface area contributed by atoms with Crippen molar-refractivity contribution in [1.29, 1.82) is 0 Å². The van der Waals surface area contributed by atoms with Gasteiger partial charge in [0.15, 0.2) is 0 Å². The topological polar surface area (TPSA) is 118 Å². The maximum atomic E-state index is 11.4. The summed E-state index contributed by atoms with van der Waals surface area (Å²) in [7, 11) is -3.74. The van der Waals surface area contributed by atoms with Crippen LogP contribution < -0.4 is 4.83 Å². The minimum atomic E-state index is -3.74. The molecular weight excluding hydrogens is 210 g/mol. The van der Waals surface area contributed by atoms with Crippen molar-refractivity contribution in [1.82, 2.24) is 30.1 Å². The molecule has 14 heavy (non-hydrogen) atoms. The Morgan fingerprint density at radius 2 is 2.07 bits per heavy atom. The summed E-state index contributed by atoms with van der Waals surface area (Å²) in [5.74, 6) is 0. The van der Waals surface area contributed by atoms with Crippen molar-refractivity contribution in [3.8, 4) is 0 Å². The molecule has 0 saturated carbocycles. The average Bonchev–Trinajstić information content (AvgIpc) is 2.71. The van der Waals surface area contributed by atoms with Crippen molar-refractivity contribution in [2.24, 2.45) is 0 Å². The second kappa shape index (κ2) is 3.06. The standard InChI is InChI=1S/C4H5N7O2S/c12-14(13,4-5-1-6-9-4)10-11-2-7-8-3-11/h1-3,10H,(H,5,6,9). The van der Waals surface area contributed by atoms with E-state index in [4.69, 9.17) is 0 Å². The highest BCUT2D eigenvalue weighted by molar-refractivity contribution is 7.92. The first-order valence-electron chi connectivity index (χ1n) is 3.41. The highest BCUT2D eigenvalue weighted by atomic mass is 32.2. The van der Waals surface area contributed by atoms with E-state index in [-0.39, 0.29) is 5.16 Å². The number of rotatable bonds is 3. The fourth-order valence-electron chi connectivity index (χ4n) is 0.754. The van der Waals surface area contributed by atoms with Gasteiger partial charge in [0.1, 0.15) is 19.0 Å². The molecule has 0 spiro atoms. The predicted molar refractivity (Wildman–Crippen MR) is 43.0 cm³/mol. The number of nitrogens with one attached hydrogen (secondary N) is 2. The lowest BCUT2D eigenvalue weighted by molar-refractivity contribution is 0.587. The molecule has 0 aliphatic heterocycles. The zero-order valence-corrected chi connectivity index (χ0v) is 7.51. The molecule has 0 fully saturated rings. The molecule has 0 saturated heterocycles. The normalized spacial score (nSPS) is 11.4. The first kappa shape index (κ1) is 8.62. The van der Waals surface area contributed by atoms with E-state index in [1.807, 2.05) is 0 Å². The fourth-order valence-corrected chi connectivity index (χ4v) is 1.57. The van der Waals surface area contributed by atoms with Gasteiger partial charge in [0.2, 0.25) is 0 Å². The molecule has 9 nitrogen and oxygen atoms in total. The van der Waals surface area contributed by atoms with Gasteiger partial charge in [-0.2, -0.15) is 13.5 Å². The van der Waals surface area contributed by atoms with Crippen LogP contribution in [0.15, 0.2) is 24.1 Å². The van der Waals surface area contributed by atoms with Crippen molar-refractivity contribution in [2.45, 2.75) is 5.16 Å². The Kier molecular flexibility index (Phi) is 1.89. The van der Waals surface area contributed by atoms with Gasteiger partial charge in [-0.25, -0.2) is 19.6 Å². The van der Waals surface area contributed by atoms with E-state index >= 15 is 0 Å². The Hall–Kier alpha value is -1.97. The maximum absolute atomic E-state index is 11.4. The largest absolute Gasteiger partial charge is 0.310 e. The van der Waals surface area contributed by atoms with Gasteiger partial charge in [-0.05, 0) is 0 Å². The summed E-state index contributed by atoms with van der Waals surface area (Å²) in [6, 6.07) is 0. The highest BCUT2D eigenvalue weighted by Gasteiger charge is 2.17. The molecular formula is C4H5N7O2S. The van der Waals surface area contributed by atoms with Crippen LogP contribution in [0.25, 0.3) is 0 Å². The van der Waals surface area contributed by atoms with Crippen molar-refractivity contribution in [2.75, 3.05) is 4.83 Å². The van der Waals surface area contributed by atoms with E-state index in [0.29, 0.717) is 0 Å². The number of sulfonamides is 1. The highest BCUT2D eigenvalue weighted by Crippen LogP contribution is 1.98. The lowest BCUT2D eigenvalue weighted by atomic mass is 11.3. The first-order chi connectivity index (χ1) is 6.68. The smallest absolute Gasteiger partial charge is 0.248 e. The molecule has 10 heteroatoms. The van der Waals surface area contributed by atoms with E-state index in [9.17, 15) is 8.42 Å². The van der Waals surface area contributed by atoms with E-state index in [0.717, 1.165) is 11.0 Å². The minimum absolute atomic E-state index is 0.272. The van der Waals surface area contributed by atoms with Crippen molar-refractivity contribution < 1.29 is 8.42 Å². The van der Waals surface area contributed by atoms with E-state index in [1.165, 1.54) is 12.7 Å². The number of hydrogen-bond acceptors (Lipinski definition) is 6. The SMILES string of the molecule is O=S(=O)(Nn1cnnc1)c1ncn[nH]1. The third-order valence-electron chi connectivity index (χ3n) is 1.29. The summed E-state index contributed by atoms with van der Waals surface area (Å²) < 4.78 is 24.0. The zero-order valence-electron chi connectivity index (χ0n) is 6.69. The number of hydrogen-bond donors (Lipinski definition) is 2. The molecule has 74 valence electrons. The first-order valence-corrected chi connectivity index (χ1v) is 4.89. The Morgan fingerprint density at radius 1 is 1.36 bits per heavy atom. The van der Waals surface area contributed by atoms with Gasteiger partial charge >= 0.3 is 10.0 Å². The average molecular weight is 215 g/mol. The molecule has 0 radical (unpaired) electrons. The van der Waals surface area contributed by atoms with Crippen LogP contribution in [0.1, 0.15) is 0 Å². The fraction of sp³-hybridized carbons (Fsp3) is 0. The van der Waals surface area contributed by atoms with Crippen LogP contribution in [0.2, 0.25) is 0 Å². The summed E-state index contributed by atoms with van der Waals surface area (Å²) in [6.45, 7) is 0. The number of aromatic amines is 1. The Balaban J connectivity index is 2.27. The Labute approximate surface area is 78.2 Å². The second-order valence-electron chi connectivity index (χ2n) is 2.25. The van der Waals surface area contributed by atoms with Crippen LogP contribution >= 0.6 is 0 Å². The van der Waals surface area contributed by atoms with E-state index in [2.05, 4.69) is 30.2 Å². The molecule has 0 amide bonds. The molecule has 2 N–H and O–H groups in total. The van der Waals surface area contributed by atoms with Gasteiger partial charge in [-0.15, -0.1) is 10.2 Å². The molecule has 0 bridgehead atoms. The van der Waals surface area contributed by atoms with Crippen LogP contribution in [0.4, 0.5) is 0 Å². The molecule has 2 heterocycles. The van der Waals surface area contributed by atoms with E-state index < -0.39 is 10.0 Å². The van der Waals surface area contributed by atoms with Gasteiger partial charge in [0, 0.05) is 0 Å². The van der Waals surface area contributed by atoms with Crippen LogP contribution in [0.5, 0.6) is 0 Å². The molecule has 0 aliphatic rings. The Morgan fingerprint density at radius 3 is 2.64 bits per heavy atom. The maximum Gasteiger partial charge on any atom is 0.310 e. The molecule has 0 aromatic carbocycles. The summed E-state index contributed by atoms with van der Waals surface area (Å²) in [6.07, 6.45) is 3.50. The van der Waals surface area contributed by atoms with Crippen LogP contribution in [-0.2, 0) is 10.0 Å². The van der Waals surface area contributed by atoms with Crippen LogP contribution in [0.3, 0.4) is 0 Å². The van der Waals surface area contributed by atoms with Gasteiger partial charge in [-0.3, -0.25) is 0 Å². The van der Waals surface area contributed by atoms with Crippen molar-refractivity contribution >= 4 is 10.0 Å². The summed E-state index contributed by atoms with van der Waals surface area (Å²) in [4.78, 5) is 5.63. The third-order valence-corrected chi connectivity index (χ3v) is 2.45. The van der Waals surface area contributed by atoms with Gasteiger partial charge in [0.25, 0.3) is 5.16 Å². The third kappa shape index (κ3) is 1.54. The monoisotopic (exact) mass is 215 g/mol. The second-order valence-corrected chi connectivity index (χ2v) is 3.83. The van der Waals surface area contributed by atoms with E-state index in [1.54, 1.807) is 0 Å². The molecule has 2 rings (SSSR count). The van der Waals surface area contributed by atoms with Gasteiger partial charge < -0.3 is 0 Å². The molecule has 0 unspecified atom stereocenters. The molecule has 2 aromatic heterocycles. The summed E-state index contributed by atoms with van der Waals surface area (Å²) in [5, 5.41) is 12.2. The lowest BCUT2D eigenvalue weighted by Crippen LogP contribution is -2.23. The number of nitrogens with zero attached hydrogens (tertiary/aromatic N) is 5. The van der Waals surface area contributed by atoms with Gasteiger partial charge in [0.05, 0.1) is 0 Å². The number of aromatic nitrogens is 6. The Bertz CT molecular complexity index is 486. The summed E-state index contributed by atoms with van der Waals surface area (Å²) in [5.41, 5.74) is 0. The van der Waals surface area contributed by atoms with Crippen molar-refractivity contribution in [3.63, 3.8) is 0 Å². The molecule has 0 aliphatic carbocycles. The molecule has 2 aromatic rings. The van der Waals surface area contributed by atoms with Gasteiger partial charge in [-0.1, -0.05) is 0 Å². The number of H-pyrrole nitrogens is 1. The quantitative estimate of drug-likeness (QED) is 0.631.